The average molecular weight is 361 g/mol. The molecule has 1 fully saturated rings. The van der Waals surface area contributed by atoms with Gasteiger partial charge in [0.1, 0.15) is 0 Å². The van der Waals surface area contributed by atoms with Crippen LogP contribution >= 0.6 is 11.8 Å². The lowest BCUT2D eigenvalue weighted by Crippen LogP contribution is -2.46. The van der Waals surface area contributed by atoms with E-state index in [9.17, 15) is 18.0 Å². The van der Waals surface area contributed by atoms with E-state index in [2.05, 4.69) is 5.32 Å². The molecule has 1 amide bonds. The molecule has 24 heavy (non-hydrogen) atoms. The Morgan fingerprint density at radius 2 is 1.88 bits per heavy atom. The molecule has 0 radical (unpaired) electrons. The van der Waals surface area contributed by atoms with Gasteiger partial charge in [0.05, 0.1) is 11.2 Å². The monoisotopic (exact) mass is 361 g/mol. The normalized spacial score (nSPS) is 17.5. The van der Waals surface area contributed by atoms with Crippen molar-refractivity contribution >= 4 is 17.7 Å². The Kier molecular flexibility index (Phi) is 6.57. The Hall–Kier alpha value is -1.21. The third-order valence-corrected chi connectivity index (χ3v) is 5.35. The van der Waals surface area contributed by atoms with Crippen molar-refractivity contribution in [2.75, 3.05) is 25.2 Å². The first-order valence-corrected chi connectivity index (χ1v) is 9.06. The van der Waals surface area contributed by atoms with Gasteiger partial charge in [0.15, 0.2) is 0 Å². The predicted octanol–water partition coefficient (Wildman–Crippen LogP) is 3.67. The number of methoxy groups -OCH3 is 1. The van der Waals surface area contributed by atoms with Gasteiger partial charge in [-0.1, -0.05) is 12.1 Å². The van der Waals surface area contributed by atoms with Gasteiger partial charge in [-0.3, -0.25) is 4.79 Å². The molecule has 0 aromatic heterocycles. The van der Waals surface area contributed by atoms with Crippen molar-refractivity contribution in [1.29, 1.82) is 0 Å². The van der Waals surface area contributed by atoms with Crippen LogP contribution in [0.3, 0.4) is 0 Å². The first kappa shape index (κ1) is 19.1. The van der Waals surface area contributed by atoms with Crippen molar-refractivity contribution in [3.05, 3.63) is 35.4 Å². The maximum Gasteiger partial charge on any atom is 0.416 e. The molecular formula is C17H22F3NO2S. The number of rotatable bonds is 6. The lowest BCUT2D eigenvalue weighted by Gasteiger charge is -2.35. The summed E-state index contributed by atoms with van der Waals surface area (Å²) in [5, 5.41) is 2.90. The summed E-state index contributed by atoms with van der Waals surface area (Å²) in [5.74, 6) is 1.94. The predicted molar refractivity (Wildman–Crippen MR) is 89.1 cm³/mol. The van der Waals surface area contributed by atoms with Gasteiger partial charge in [0.2, 0.25) is 5.91 Å². The first-order valence-electron chi connectivity index (χ1n) is 7.90. The van der Waals surface area contributed by atoms with Gasteiger partial charge in [0.25, 0.3) is 0 Å². The number of nitrogens with one attached hydrogen (secondary N) is 1. The third-order valence-electron chi connectivity index (χ3n) is 4.37. The fourth-order valence-electron chi connectivity index (χ4n) is 2.66. The zero-order chi connectivity index (χ0) is 17.6. The van der Waals surface area contributed by atoms with Crippen LogP contribution < -0.4 is 5.32 Å². The minimum atomic E-state index is -4.33. The molecule has 1 aliphatic rings. The Morgan fingerprint density at radius 3 is 2.42 bits per heavy atom. The minimum absolute atomic E-state index is 0.107. The quantitative estimate of drug-likeness (QED) is 0.840. The van der Waals surface area contributed by atoms with Gasteiger partial charge in [0, 0.05) is 20.1 Å². The Bertz CT molecular complexity index is 540. The van der Waals surface area contributed by atoms with Crippen molar-refractivity contribution in [1.82, 2.24) is 5.32 Å². The number of thioether (sulfide) groups is 1. The summed E-state index contributed by atoms with van der Waals surface area (Å²) in [7, 11) is 1.67. The number of alkyl halides is 3. The van der Waals surface area contributed by atoms with Crippen LogP contribution in [0.4, 0.5) is 13.2 Å². The van der Waals surface area contributed by atoms with Crippen LogP contribution in [0.2, 0.25) is 0 Å². The zero-order valence-corrected chi connectivity index (χ0v) is 14.4. The molecule has 0 unspecified atom stereocenters. The van der Waals surface area contributed by atoms with E-state index in [1.165, 1.54) is 12.1 Å². The molecule has 0 saturated carbocycles. The number of carbonyl (C=O) groups is 1. The molecular weight excluding hydrogens is 339 g/mol. The topological polar surface area (TPSA) is 38.3 Å². The largest absolute Gasteiger partial charge is 0.416 e. The van der Waals surface area contributed by atoms with Crippen LogP contribution in [0.5, 0.6) is 0 Å². The van der Waals surface area contributed by atoms with Gasteiger partial charge in [-0.25, -0.2) is 0 Å². The summed E-state index contributed by atoms with van der Waals surface area (Å²) in [6.45, 7) is 0.482. The van der Waals surface area contributed by atoms with Crippen molar-refractivity contribution in [2.45, 2.75) is 37.5 Å². The van der Waals surface area contributed by atoms with Crippen LogP contribution in [0, 0.1) is 0 Å². The van der Waals surface area contributed by atoms with Crippen LogP contribution in [-0.2, 0) is 22.1 Å². The highest BCUT2D eigenvalue weighted by Crippen LogP contribution is 2.30. The van der Waals surface area contributed by atoms with E-state index >= 15 is 0 Å². The van der Waals surface area contributed by atoms with E-state index in [0.717, 1.165) is 36.5 Å². The molecule has 1 aliphatic heterocycles. The van der Waals surface area contributed by atoms with E-state index in [4.69, 9.17) is 4.74 Å². The fraction of sp³-hybridized carbons (Fsp3) is 0.588. The molecule has 2 rings (SSSR count). The number of amides is 1. The Morgan fingerprint density at radius 1 is 1.25 bits per heavy atom. The van der Waals surface area contributed by atoms with Gasteiger partial charge < -0.3 is 10.1 Å². The molecule has 1 heterocycles. The van der Waals surface area contributed by atoms with E-state index in [1.54, 1.807) is 7.11 Å². The van der Waals surface area contributed by atoms with Gasteiger partial charge in [-0.2, -0.15) is 24.9 Å². The summed E-state index contributed by atoms with van der Waals surface area (Å²) in [4.78, 5) is 12.0. The number of halogens is 3. The zero-order valence-electron chi connectivity index (χ0n) is 13.6. The van der Waals surface area contributed by atoms with Crippen LogP contribution in [-0.4, -0.2) is 36.7 Å². The smallest absolute Gasteiger partial charge is 0.376 e. The number of hydrogen-bond acceptors (Lipinski definition) is 3. The van der Waals surface area contributed by atoms with E-state index in [0.29, 0.717) is 18.5 Å². The summed E-state index contributed by atoms with van der Waals surface area (Å²) >= 11 is 1.88. The number of carbonyl (C=O) groups excluding carboxylic acids is 1. The lowest BCUT2D eigenvalue weighted by atomic mass is 9.96. The molecule has 0 aliphatic carbocycles. The molecule has 1 aromatic carbocycles. The number of benzene rings is 1. The Labute approximate surface area is 144 Å². The van der Waals surface area contributed by atoms with E-state index in [1.807, 2.05) is 11.8 Å². The van der Waals surface area contributed by atoms with Crippen LogP contribution in [0.15, 0.2) is 24.3 Å². The highest BCUT2D eigenvalue weighted by atomic mass is 32.2. The van der Waals surface area contributed by atoms with Gasteiger partial charge in [-0.15, -0.1) is 0 Å². The number of aryl methyl sites for hydroxylation is 1. The standard InChI is InChI=1S/C17H22F3NO2S/c1-23-16(8-10-24-11-9-16)12-21-15(22)7-4-13-2-5-14(6-3-13)17(18,19)20/h2-3,5-6H,4,7-12H2,1H3,(H,21,22). The van der Waals surface area contributed by atoms with Crippen LogP contribution in [0.25, 0.3) is 0 Å². The van der Waals surface area contributed by atoms with E-state index in [-0.39, 0.29) is 17.9 Å². The SMILES string of the molecule is COC1(CNC(=O)CCc2ccc(C(F)(F)F)cc2)CCSCC1. The number of hydrogen-bond donors (Lipinski definition) is 1. The number of ether oxygens (including phenoxy) is 1. The fourth-order valence-corrected chi connectivity index (χ4v) is 3.90. The highest BCUT2D eigenvalue weighted by molar-refractivity contribution is 7.99. The molecule has 134 valence electrons. The second-order valence-corrected chi connectivity index (χ2v) is 7.20. The summed E-state index contributed by atoms with van der Waals surface area (Å²) in [6.07, 6.45) is -1.84. The molecule has 1 saturated heterocycles. The molecule has 0 spiro atoms. The maximum atomic E-state index is 12.5. The molecule has 7 heteroatoms. The minimum Gasteiger partial charge on any atom is -0.376 e. The van der Waals surface area contributed by atoms with E-state index < -0.39 is 11.7 Å². The molecule has 1 aromatic rings. The summed E-state index contributed by atoms with van der Waals surface area (Å²) in [5.41, 5.74) is -0.239. The highest BCUT2D eigenvalue weighted by Gasteiger charge is 2.32. The van der Waals surface area contributed by atoms with Crippen molar-refractivity contribution < 1.29 is 22.7 Å². The van der Waals surface area contributed by atoms with Crippen molar-refractivity contribution in [2.24, 2.45) is 0 Å². The van der Waals surface area contributed by atoms with Gasteiger partial charge >= 0.3 is 6.18 Å². The first-order chi connectivity index (χ1) is 11.3. The molecule has 1 N–H and O–H groups in total. The third kappa shape index (κ3) is 5.41. The van der Waals surface area contributed by atoms with Crippen molar-refractivity contribution in [3.63, 3.8) is 0 Å². The molecule has 0 bridgehead atoms. The van der Waals surface area contributed by atoms with Crippen LogP contribution in [0.1, 0.15) is 30.4 Å². The summed E-state index contributed by atoms with van der Waals surface area (Å²) < 4.78 is 43.1. The van der Waals surface area contributed by atoms with Gasteiger partial charge in [-0.05, 0) is 48.5 Å². The summed E-state index contributed by atoms with van der Waals surface area (Å²) in [6, 6.07) is 4.94. The lowest BCUT2D eigenvalue weighted by molar-refractivity contribution is -0.137. The molecule has 0 atom stereocenters. The second kappa shape index (κ2) is 8.25. The Balaban J connectivity index is 1.78. The second-order valence-electron chi connectivity index (χ2n) is 5.97. The molecule has 3 nitrogen and oxygen atoms in total. The average Bonchev–Trinajstić information content (AvgIpc) is 2.58. The maximum absolute atomic E-state index is 12.5. The van der Waals surface area contributed by atoms with Crippen molar-refractivity contribution in [3.8, 4) is 0 Å².